The Balaban J connectivity index is 2.06. The lowest BCUT2D eigenvalue weighted by Gasteiger charge is -2.37. The van der Waals surface area contributed by atoms with Crippen molar-refractivity contribution in [2.45, 2.75) is 44.0 Å². The first-order valence-corrected chi connectivity index (χ1v) is 7.31. The van der Waals surface area contributed by atoms with Crippen molar-refractivity contribution >= 4 is 19.4 Å². The van der Waals surface area contributed by atoms with Gasteiger partial charge >= 0.3 is 0 Å². The lowest BCUT2D eigenvalue weighted by Crippen LogP contribution is -2.39. The van der Waals surface area contributed by atoms with Crippen molar-refractivity contribution < 1.29 is 4.52 Å². The minimum atomic E-state index is 0.421. The average Bonchev–Trinajstić information content (AvgIpc) is 2.44. The molecule has 0 radical (unpaired) electrons. The summed E-state index contributed by atoms with van der Waals surface area (Å²) in [5, 5.41) is 0. The summed E-state index contributed by atoms with van der Waals surface area (Å²) in [6, 6.07) is 0. The Morgan fingerprint density at radius 1 is 1.69 bits per heavy atom. The summed E-state index contributed by atoms with van der Waals surface area (Å²) in [6.45, 7) is 8.56. The molecule has 4 atom stereocenters. The SMILES string of the molecule is C=C(C)[C@@H]1CC[C@]2(C)SPO[C@H]2C1. The van der Waals surface area contributed by atoms with Gasteiger partial charge in [0.15, 0.2) is 0 Å². The van der Waals surface area contributed by atoms with E-state index in [2.05, 4.69) is 20.4 Å². The molecule has 0 aromatic carbocycles. The van der Waals surface area contributed by atoms with Crippen LogP contribution < -0.4 is 0 Å². The molecule has 2 rings (SSSR count). The molecule has 1 unspecified atom stereocenters. The molecule has 2 fully saturated rings. The molecule has 0 spiro atoms. The van der Waals surface area contributed by atoms with Gasteiger partial charge in [-0.1, -0.05) is 23.5 Å². The minimum absolute atomic E-state index is 0.421. The van der Waals surface area contributed by atoms with Gasteiger partial charge in [0.2, 0.25) is 0 Å². The summed E-state index contributed by atoms with van der Waals surface area (Å²) in [7, 11) is 0.664. The highest BCUT2D eigenvalue weighted by Gasteiger charge is 2.45. The molecule has 0 aromatic heterocycles. The van der Waals surface area contributed by atoms with E-state index in [4.69, 9.17) is 4.52 Å². The zero-order chi connectivity index (χ0) is 9.47. The number of fused-ring (bicyclic) bond motifs is 1. The van der Waals surface area contributed by atoms with Gasteiger partial charge in [0.1, 0.15) is 0 Å². The van der Waals surface area contributed by atoms with Crippen LogP contribution in [0.3, 0.4) is 0 Å². The fourth-order valence-electron chi connectivity index (χ4n) is 2.16. The molecule has 1 heterocycles. The fraction of sp³-hybridized carbons (Fsp3) is 0.800. The van der Waals surface area contributed by atoms with E-state index in [0.29, 0.717) is 24.8 Å². The van der Waals surface area contributed by atoms with E-state index in [9.17, 15) is 0 Å². The van der Waals surface area contributed by atoms with E-state index in [1.165, 1.54) is 24.8 Å². The second-order valence-electron chi connectivity index (χ2n) is 4.42. The summed E-state index contributed by atoms with van der Waals surface area (Å²) in [4.78, 5) is 0. The monoisotopic (exact) mass is 216 g/mol. The van der Waals surface area contributed by atoms with Crippen molar-refractivity contribution in [3.8, 4) is 0 Å². The predicted octanol–water partition coefficient (Wildman–Crippen LogP) is 3.76. The van der Waals surface area contributed by atoms with Crippen LogP contribution in [0.4, 0.5) is 0 Å². The predicted molar refractivity (Wildman–Crippen MR) is 61.3 cm³/mol. The topological polar surface area (TPSA) is 9.23 Å². The van der Waals surface area contributed by atoms with Gasteiger partial charge in [0.25, 0.3) is 0 Å². The van der Waals surface area contributed by atoms with Crippen molar-refractivity contribution in [1.82, 2.24) is 0 Å². The van der Waals surface area contributed by atoms with Gasteiger partial charge in [-0.25, -0.2) is 0 Å². The molecular weight excluding hydrogens is 199 g/mol. The molecule has 0 aromatic rings. The summed E-state index contributed by atoms with van der Waals surface area (Å²) in [6.07, 6.45) is 4.30. The third-order valence-electron chi connectivity index (χ3n) is 3.33. The Morgan fingerprint density at radius 2 is 2.46 bits per heavy atom. The van der Waals surface area contributed by atoms with Crippen molar-refractivity contribution in [1.29, 1.82) is 0 Å². The largest absolute Gasteiger partial charge is 0.347 e. The van der Waals surface area contributed by atoms with E-state index in [1.54, 1.807) is 0 Å². The Kier molecular flexibility index (Phi) is 2.75. The van der Waals surface area contributed by atoms with Crippen molar-refractivity contribution in [2.24, 2.45) is 5.92 Å². The molecule has 0 N–H and O–H groups in total. The lowest BCUT2D eigenvalue weighted by molar-refractivity contribution is 0.131. The maximum Gasteiger partial charge on any atom is 0.0779 e. The second-order valence-corrected chi connectivity index (χ2v) is 7.07. The van der Waals surface area contributed by atoms with Gasteiger partial charge in [-0.2, -0.15) is 0 Å². The van der Waals surface area contributed by atoms with Gasteiger partial charge in [0, 0.05) is 4.75 Å². The Hall–Kier alpha value is 0.480. The standard InChI is InChI=1S/C10H17OPS/c1-7(2)8-4-5-10(3)9(6-8)11-12-13-10/h8-9,12H,1,4-6H2,2-3H3/t8-,9+,10+/m1/s1. The molecule has 13 heavy (non-hydrogen) atoms. The Bertz CT molecular complexity index is 231. The van der Waals surface area contributed by atoms with Crippen LogP contribution in [0.1, 0.15) is 33.1 Å². The lowest BCUT2D eigenvalue weighted by atomic mass is 9.77. The number of hydrogen-bond donors (Lipinski definition) is 0. The molecule has 1 aliphatic heterocycles. The first-order valence-electron chi connectivity index (χ1n) is 4.86. The molecule has 0 bridgehead atoms. The molecule has 0 amide bonds. The van der Waals surface area contributed by atoms with Crippen molar-refractivity contribution in [3.63, 3.8) is 0 Å². The summed E-state index contributed by atoms with van der Waals surface area (Å²) < 4.78 is 6.21. The number of rotatable bonds is 1. The van der Waals surface area contributed by atoms with Crippen LogP contribution in [0, 0.1) is 5.92 Å². The van der Waals surface area contributed by atoms with Crippen LogP contribution in [-0.4, -0.2) is 10.9 Å². The smallest absolute Gasteiger partial charge is 0.0779 e. The van der Waals surface area contributed by atoms with Gasteiger partial charge in [0.05, 0.1) is 14.1 Å². The van der Waals surface area contributed by atoms with Crippen molar-refractivity contribution in [3.05, 3.63) is 12.2 Å². The Morgan fingerprint density at radius 3 is 3.15 bits per heavy atom. The quantitative estimate of drug-likeness (QED) is 0.487. The zero-order valence-electron chi connectivity index (χ0n) is 8.30. The molecule has 3 heteroatoms. The minimum Gasteiger partial charge on any atom is -0.347 e. The van der Waals surface area contributed by atoms with Gasteiger partial charge in [-0.15, -0.1) is 0 Å². The van der Waals surface area contributed by atoms with Gasteiger partial charge < -0.3 is 4.52 Å². The molecule has 1 nitrogen and oxygen atoms in total. The molecule has 2 aliphatic rings. The number of allylic oxidation sites excluding steroid dienone is 1. The first kappa shape index (κ1) is 10.0. The highest BCUT2D eigenvalue weighted by Crippen LogP contribution is 2.59. The molecular formula is C10H17OPS. The van der Waals surface area contributed by atoms with Crippen LogP contribution in [0.2, 0.25) is 0 Å². The average molecular weight is 216 g/mol. The molecule has 1 aliphatic carbocycles. The van der Waals surface area contributed by atoms with E-state index in [0.717, 1.165) is 0 Å². The zero-order valence-corrected chi connectivity index (χ0v) is 10.1. The maximum atomic E-state index is 5.79. The third-order valence-corrected chi connectivity index (χ3v) is 6.67. The first-order chi connectivity index (χ1) is 6.12. The highest BCUT2D eigenvalue weighted by molar-refractivity contribution is 8.49. The maximum absolute atomic E-state index is 5.79. The number of hydrogen-bond acceptors (Lipinski definition) is 2. The van der Waals surface area contributed by atoms with Crippen LogP contribution >= 0.6 is 19.4 Å². The Labute approximate surface area is 86.3 Å². The fourth-order valence-corrected chi connectivity index (χ4v) is 5.22. The van der Waals surface area contributed by atoms with Crippen LogP contribution in [0.5, 0.6) is 0 Å². The second kappa shape index (κ2) is 3.56. The third kappa shape index (κ3) is 1.82. The molecule has 1 saturated carbocycles. The summed E-state index contributed by atoms with van der Waals surface area (Å²) >= 11 is 2.02. The highest BCUT2D eigenvalue weighted by atomic mass is 32.7. The van der Waals surface area contributed by atoms with E-state index < -0.39 is 0 Å². The molecule has 1 saturated heterocycles. The normalized spacial score (nSPS) is 46.3. The van der Waals surface area contributed by atoms with Gasteiger partial charge in [-0.05, 0) is 39.0 Å². The van der Waals surface area contributed by atoms with E-state index in [1.807, 2.05) is 11.4 Å². The van der Waals surface area contributed by atoms with E-state index in [-0.39, 0.29) is 0 Å². The van der Waals surface area contributed by atoms with E-state index >= 15 is 0 Å². The summed E-state index contributed by atoms with van der Waals surface area (Å²) in [5.41, 5.74) is 1.34. The van der Waals surface area contributed by atoms with Crippen LogP contribution in [0.15, 0.2) is 12.2 Å². The van der Waals surface area contributed by atoms with Crippen molar-refractivity contribution in [2.75, 3.05) is 0 Å². The van der Waals surface area contributed by atoms with Crippen LogP contribution in [-0.2, 0) is 4.52 Å². The van der Waals surface area contributed by atoms with Crippen LogP contribution in [0.25, 0.3) is 0 Å². The summed E-state index contributed by atoms with van der Waals surface area (Å²) in [5.74, 6) is 0.710. The molecule has 74 valence electrons. The van der Waals surface area contributed by atoms with Gasteiger partial charge in [-0.3, -0.25) is 0 Å².